The summed E-state index contributed by atoms with van der Waals surface area (Å²) in [5, 5.41) is 8.47. The summed E-state index contributed by atoms with van der Waals surface area (Å²) in [6, 6.07) is 4.67. The molecule has 1 aromatic rings. The predicted octanol–water partition coefficient (Wildman–Crippen LogP) is 2.47. The summed E-state index contributed by atoms with van der Waals surface area (Å²) < 4.78 is 41.8. The molecule has 0 atom stereocenters. The first-order valence-corrected chi connectivity index (χ1v) is 4.45. The number of halogens is 3. The summed E-state index contributed by atoms with van der Waals surface area (Å²) in [6.07, 6.45) is -3.95. The van der Waals surface area contributed by atoms with E-state index in [4.69, 9.17) is 9.84 Å². The molecule has 0 aliphatic heterocycles. The van der Waals surface area contributed by atoms with Gasteiger partial charge in [0.25, 0.3) is 0 Å². The molecular weight excluding hydrogens is 209 g/mol. The monoisotopic (exact) mass is 220 g/mol. The molecule has 0 aliphatic carbocycles. The highest BCUT2D eigenvalue weighted by atomic mass is 19.4. The number of ether oxygens (including phenoxy) is 1. The number of benzene rings is 1. The van der Waals surface area contributed by atoms with Gasteiger partial charge in [0.05, 0.1) is 12.2 Å². The highest BCUT2D eigenvalue weighted by molar-refractivity contribution is 5.30. The fourth-order valence-corrected chi connectivity index (χ4v) is 1.02. The summed E-state index contributed by atoms with van der Waals surface area (Å²) in [4.78, 5) is 0. The first-order chi connectivity index (χ1) is 7.04. The van der Waals surface area contributed by atoms with E-state index in [1.54, 1.807) is 0 Å². The molecule has 0 saturated heterocycles. The fourth-order valence-electron chi connectivity index (χ4n) is 1.02. The molecule has 0 amide bonds. The SMILES string of the molecule is OCCCOc1cccc(C(F)(F)F)c1. The average molecular weight is 220 g/mol. The maximum Gasteiger partial charge on any atom is 0.416 e. The summed E-state index contributed by atoms with van der Waals surface area (Å²) >= 11 is 0. The van der Waals surface area contributed by atoms with Crippen molar-refractivity contribution < 1.29 is 23.0 Å². The number of rotatable bonds is 4. The third kappa shape index (κ3) is 3.79. The Kier molecular flexibility index (Phi) is 3.96. The Bertz CT molecular complexity index is 310. The van der Waals surface area contributed by atoms with Crippen LogP contribution >= 0.6 is 0 Å². The van der Waals surface area contributed by atoms with Crippen LogP contribution in [0.3, 0.4) is 0 Å². The highest BCUT2D eigenvalue weighted by Crippen LogP contribution is 2.31. The molecule has 1 rings (SSSR count). The molecule has 0 fully saturated rings. The van der Waals surface area contributed by atoms with Crippen molar-refractivity contribution in [2.75, 3.05) is 13.2 Å². The van der Waals surface area contributed by atoms with Crippen LogP contribution in [-0.2, 0) is 6.18 Å². The van der Waals surface area contributed by atoms with E-state index in [1.807, 2.05) is 0 Å². The van der Waals surface area contributed by atoms with Crippen LogP contribution in [0.5, 0.6) is 5.75 Å². The second-order valence-electron chi connectivity index (χ2n) is 2.95. The summed E-state index contributed by atoms with van der Waals surface area (Å²) in [5.41, 5.74) is -0.732. The smallest absolute Gasteiger partial charge is 0.416 e. The van der Waals surface area contributed by atoms with Crippen LogP contribution in [0.4, 0.5) is 13.2 Å². The summed E-state index contributed by atoms with van der Waals surface area (Å²) in [5.74, 6) is 0.165. The van der Waals surface area contributed by atoms with Crippen LogP contribution in [0.2, 0.25) is 0 Å². The zero-order valence-corrected chi connectivity index (χ0v) is 7.92. The van der Waals surface area contributed by atoms with Crippen LogP contribution in [0, 0.1) is 0 Å². The van der Waals surface area contributed by atoms with Gasteiger partial charge in [-0.1, -0.05) is 6.07 Å². The van der Waals surface area contributed by atoms with Crippen LogP contribution < -0.4 is 4.74 Å². The molecule has 0 saturated carbocycles. The number of aliphatic hydroxyl groups is 1. The molecule has 0 unspecified atom stereocenters. The lowest BCUT2D eigenvalue weighted by Crippen LogP contribution is -2.06. The van der Waals surface area contributed by atoms with Gasteiger partial charge in [-0.25, -0.2) is 0 Å². The maximum absolute atomic E-state index is 12.3. The van der Waals surface area contributed by atoms with Gasteiger partial charge >= 0.3 is 6.18 Å². The van der Waals surface area contributed by atoms with Gasteiger partial charge in [0.15, 0.2) is 0 Å². The summed E-state index contributed by atoms with van der Waals surface area (Å²) in [6.45, 7) is 0.163. The minimum Gasteiger partial charge on any atom is -0.493 e. The zero-order chi connectivity index (χ0) is 11.3. The van der Waals surface area contributed by atoms with Crippen molar-refractivity contribution in [2.45, 2.75) is 12.6 Å². The van der Waals surface area contributed by atoms with Gasteiger partial charge in [0.2, 0.25) is 0 Å². The Morgan fingerprint density at radius 3 is 2.60 bits per heavy atom. The van der Waals surface area contributed by atoms with Crippen molar-refractivity contribution in [2.24, 2.45) is 0 Å². The average Bonchev–Trinajstić information content (AvgIpc) is 2.17. The van der Waals surface area contributed by atoms with Gasteiger partial charge in [-0.15, -0.1) is 0 Å². The van der Waals surface area contributed by atoms with E-state index in [-0.39, 0.29) is 19.0 Å². The molecule has 0 radical (unpaired) electrons. The third-order valence-corrected chi connectivity index (χ3v) is 1.73. The van der Waals surface area contributed by atoms with Gasteiger partial charge < -0.3 is 9.84 Å². The lowest BCUT2D eigenvalue weighted by Gasteiger charge is -2.09. The second-order valence-corrected chi connectivity index (χ2v) is 2.95. The molecule has 5 heteroatoms. The lowest BCUT2D eigenvalue weighted by atomic mass is 10.2. The topological polar surface area (TPSA) is 29.5 Å². The lowest BCUT2D eigenvalue weighted by molar-refractivity contribution is -0.137. The molecular formula is C10H11F3O2. The van der Waals surface area contributed by atoms with E-state index in [9.17, 15) is 13.2 Å². The first-order valence-electron chi connectivity index (χ1n) is 4.45. The van der Waals surface area contributed by atoms with Gasteiger partial charge in [0.1, 0.15) is 5.75 Å². The van der Waals surface area contributed by atoms with Crippen LogP contribution in [0.15, 0.2) is 24.3 Å². The molecule has 0 aromatic heterocycles. The Balaban J connectivity index is 2.66. The molecule has 0 heterocycles. The predicted molar refractivity (Wildman–Crippen MR) is 48.6 cm³/mol. The van der Waals surface area contributed by atoms with E-state index >= 15 is 0 Å². The Morgan fingerprint density at radius 2 is 2.00 bits per heavy atom. The maximum atomic E-state index is 12.3. The van der Waals surface area contributed by atoms with E-state index < -0.39 is 11.7 Å². The van der Waals surface area contributed by atoms with Crippen LogP contribution in [0.25, 0.3) is 0 Å². The van der Waals surface area contributed by atoms with Gasteiger partial charge in [-0.3, -0.25) is 0 Å². The van der Waals surface area contributed by atoms with Crippen molar-refractivity contribution in [1.82, 2.24) is 0 Å². The standard InChI is InChI=1S/C10H11F3O2/c11-10(12,13)8-3-1-4-9(7-8)15-6-2-5-14/h1,3-4,7,14H,2,5-6H2. The van der Waals surface area contributed by atoms with Crippen molar-refractivity contribution >= 4 is 0 Å². The molecule has 1 N–H and O–H groups in total. The molecule has 15 heavy (non-hydrogen) atoms. The van der Waals surface area contributed by atoms with Crippen LogP contribution in [-0.4, -0.2) is 18.3 Å². The zero-order valence-electron chi connectivity index (χ0n) is 7.92. The van der Waals surface area contributed by atoms with E-state index in [0.29, 0.717) is 6.42 Å². The third-order valence-electron chi connectivity index (χ3n) is 1.73. The van der Waals surface area contributed by atoms with E-state index in [2.05, 4.69) is 0 Å². The minimum atomic E-state index is -4.35. The molecule has 0 spiro atoms. The molecule has 2 nitrogen and oxygen atoms in total. The quantitative estimate of drug-likeness (QED) is 0.790. The van der Waals surface area contributed by atoms with Crippen molar-refractivity contribution in [1.29, 1.82) is 0 Å². The van der Waals surface area contributed by atoms with Gasteiger partial charge in [-0.05, 0) is 18.2 Å². The molecule has 0 bridgehead atoms. The summed E-state index contributed by atoms with van der Waals surface area (Å²) in [7, 11) is 0. The normalized spacial score (nSPS) is 11.5. The number of alkyl halides is 3. The number of hydrogen-bond acceptors (Lipinski definition) is 2. The Labute approximate surface area is 85.3 Å². The highest BCUT2D eigenvalue weighted by Gasteiger charge is 2.30. The molecule has 84 valence electrons. The molecule has 1 aromatic carbocycles. The number of hydrogen-bond donors (Lipinski definition) is 1. The molecule has 0 aliphatic rings. The first kappa shape index (κ1) is 11.8. The van der Waals surface area contributed by atoms with Gasteiger partial charge in [0, 0.05) is 13.0 Å². The largest absolute Gasteiger partial charge is 0.493 e. The Morgan fingerprint density at radius 1 is 1.27 bits per heavy atom. The fraction of sp³-hybridized carbons (Fsp3) is 0.400. The van der Waals surface area contributed by atoms with Crippen molar-refractivity contribution in [3.63, 3.8) is 0 Å². The van der Waals surface area contributed by atoms with E-state index in [0.717, 1.165) is 12.1 Å². The van der Waals surface area contributed by atoms with Gasteiger partial charge in [-0.2, -0.15) is 13.2 Å². The second kappa shape index (κ2) is 5.02. The van der Waals surface area contributed by atoms with Crippen LogP contribution in [0.1, 0.15) is 12.0 Å². The Hall–Kier alpha value is -1.23. The number of aliphatic hydroxyl groups excluding tert-OH is 1. The van der Waals surface area contributed by atoms with E-state index in [1.165, 1.54) is 12.1 Å². The minimum absolute atomic E-state index is 0.0427. The van der Waals surface area contributed by atoms with Crippen molar-refractivity contribution in [3.8, 4) is 5.75 Å². The van der Waals surface area contributed by atoms with Crippen molar-refractivity contribution in [3.05, 3.63) is 29.8 Å².